The number of allylic oxidation sites excluding steroid dienone is 1. The van der Waals surface area contributed by atoms with Crippen molar-refractivity contribution in [2.24, 2.45) is 0 Å². The molecule has 0 aliphatic rings. The summed E-state index contributed by atoms with van der Waals surface area (Å²) >= 11 is 6.07. The maximum Gasteiger partial charge on any atom is 0.310 e. The van der Waals surface area contributed by atoms with Gasteiger partial charge in [-0.15, -0.1) is 0 Å². The summed E-state index contributed by atoms with van der Waals surface area (Å²) in [5.41, 5.74) is 0.811. The molecule has 1 rings (SSSR count). The molecule has 1 aromatic carbocycles. The minimum atomic E-state index is -0.536. The highest BCUT2D eigenvalue weighted by atomic mass is 35.5. The number of nitrogens with zero attached hydrogens (tertiary/aromatic N) is 2. The molecule has 0 atom stereocenters. The average molecular weight is 267 g/mol. The van der Waals surface area contributed by atoms with Crippen LogP contribution in [0.2, 0.25) is 0 Å². The second kappa shape index (κ2) is 6.03. The lowest BCUT2D eigenvalue weighted by atomic mass is 10.1. The predicted octanol–water partition coefficient (Wildman–Crippen LogP) is 3.49. The van der Waals surface area contributed by atoms with Crippen LogP contribution >= 0.6 is 11.6 Å². The predicted molar refractivity (Wildman–Crippen MR) is 68.3 cm³/mol. The van der Waals surface area contributed by atoms with E-state index in [9.17, 15) is 10.1 Å². The van der Waals surface area contributed by atoms with Crippen molar-refractivity contribution in [3.8, 4) is 11.8 Å². The van der Waals surface area contributed by atoms with Crippen molar-refractivity contribution < 1.29 is 9.66 Å². The van der Waals surface area contributed by atoms with E-state index >= 15 is 0 Å². The van der Waals surface area contributed by atoms with Crippen LogP contribution in [0.1, 0.15) is 18.9 Å². The molecule has 0 saturated carbocycles. The molecule has 0 amide bonds. The van der Waals surface area contributed by atoms with Gasteiger partial charge >= 0.3 is 5.69 Å². The molecule has 0 aliphatic heterocycles. The standard InChI is InChI=1S/C12H11ClN2O3/c1-3-8(7-14)12(13)9-4-5-10(15(16)17)11(6-9)18-2/h4-6H,3H2,1-2H3/b12-8-. The van der Waals surface area contributed by atoms with Gasteiger partial charge < -0.3 is 4.74 Å². The topological polar surface area (TPSA) is 76.2 Å². The van der Waals surface area contributed by atoms with Gasteiger partial charge in [0.25, 0.3) is 0 Å². The number of methoxy groups -OCH3 is 1. The van der Waals surface area contributed by atoms with Crippen LogP contribution in [0.4, 0.5) is 5.69 Å². The van der Waals surface area contributed by atoms with E-state index in [1.165, 1.54) is 25.3 Å². The molecule has 0 heterocycles. The monoisotopic (exact) mass is 266 g/mol. The van der Waals surface area contributed by atoms with Gasteiger partial charge in [0.2, 0.25) is 0 Å². The van der Waals surface area contributed by atoms with Gasteiger partial charge in [-0.3, -0.25) is 10.1 Å². The minimum Gasteiger partial charge on any atom is -0.490 e. The van der Waals surface area contributed by atoms with Crippen LogP contribution in [0.3, 0.4) is 0 Å². The molecular formula is C12H11ClN2O3. The Bertz CT molecular complexity index is 547. The van der Waals surface area contributed by atoms with E-state index in [2.05, 4.69) is 0 Å². The molecule has 1 aromatic rings. The molecular weight excluding hydrogens is 256 g/mol. The third kappa shape index (κ3) is 2.79. The molecule has 18 heavy (non-hydrogen) atoms. The van der Waals surface area contributed by atoms with E-state index in [1.807, 2.05) is 13.0 Å². The number of nitro benzene ring substituents is 1. The first kappa shape index (κ1) is 14.0. The Hall–Kier alpha value is -2.06. The van der Waals surface area contributed by atoms with Gasteiger partial charge in [-0.05, 0) is 24.1 Å². The maximum absolute atomic E-state index is 10.7. The van der Waals surface area contributed by atoms with E-state index in [0.717, 1.165) is 0 Å². The lowest BCUT2D eigenvalue weighted by Crippen LogP contribution is -1.95. The third-order valence-corrected chi connectivity index (χ3v) is 2.83. The molecule has 0 bridgehead atoms. The number of nitro groups is 1. The Kier molecular flexibility index (Phi) is 4.69. The fourth-order valence-electron chi connectivity index (χ4n) is 1.42. The number of halogens is 1. The van der Waals surface area contributed by atoms with Crippen LogP contribution in [0.5, 0.6) is 5.75 Å². The first-order valence-corrected chi connectivity index (χ1v) is 5.54. The van der Waals surface area contributed by atoms with E-state index in [0.29, 0.717) is 17.6 Å². The largest absolute Gasteiger partial charge is 0.490 e. The zero-order valence-corrected chi connectivity index (χ0v) is 10.7. The molecule has 94 valence electrons. The van der Waals surface area contributed by atoms with Crippen molar-refractivity contribution in [1.29, 1.82) is 5.26 Å². The summed E-state index contributed by atoms with van der Waals surface area (Å²) in [6, 6.07) is 6.25. The lowest BCUT2D eigenvalue weighted by molar-refractivity contribution is -0.385. The van der Waals surface area contributed by atoms with Crippen molar-refractivity contribution in [1.82, 2.24) is 0 Å². The summed E-state index contributed by atoms with van der Waals surface area (Å²) < 4.78 is 4.94. The quantitative estimate of drug-likeness (QED) is 0.475. The molecule has 0 saturated heterocycles. The first-order valence-electron chi connectivity index (χ1n) is 5.16. The fourth-order valence-corrected chi connectivity index (χ4v) is 1.72. The van der Waals surface area contributed by atoms with Crippen LogP contribution in [0.25, 0.3) is 5.03 Å². The van der Waals surface area contributed by atoms with E-state index < -0.39 is 4.92 Å². The van der Waals surface area contributed by atoms with E-state index in [-0.39, 0.29) is 16.5 Å². The second-order valence-electron chi connectivity index (χ2n) is 3.40. The van der Waals surface area contributed by atoms with Crippen LogP contribution in [-0.2, 0) is 0 Å². The van der Waals surface area contributed by atoms with Crippen LogP contribution in [0.15, 0.2) is 23.8 Å². The Morgan fingerprint density at radius 1 is 1.61 bits per heavy atom. The summed E-state index contributed by atoms with van der Waals surface area (Å²) in [6.45, 7) is 1.81. The van der Waals surface area contributed by atoms with E-state index in [4.69, 9.17) is 21.6 Å². The number of benzene rings is 1. The summed E-state index contributed by atoms with van der Waals surface area (Å²) in [6.07, 6.45) is 0.495. The summed E-state index contributed by atoms with van der Waals surface area (Å²) in [7, 11) is 1.34. The SMILES string of the molecule is CC/C(C#N)=C(/Cl)c1ccc([N+](=O)[O-])c(OC)c1. The number of nitriles is 1. The highest BCUT2D eigenvalue weighted by Gasteiger charge is 2.16. The van der Waals surface area contributed by atoms with Gasteiger partial charge in [0.15, 0.2) is 5.75 Å². The zero-order chi connectivity index (χ0) is 13.7. The average Bonchev–Trinajstić information content (AvgIpc) is 2.39. The smallest absolute Gasteiger partial charge is 0.310 e. The van der Waals surface area contributed by atoms with Gasteiger partial charge in [-0.2, -0.15) is 5.26 Å². The summed E-state index contributed by atoms with van der Waals surface area (Å²) in [5, 5.41) is 19.9. The normalized spacial score (nSPS) is 11.4. The molecule has 0 spiro atoms. The highest BCUT2D eigenvalue weighted by molar-refractivity contribution is 6.49. The Morgan fingerprint density at radius 2 is 2.28 bits per heavy atom. The maximum atomic E-state index is 10.7. The third-order valence-electron chi connectivity index (χ3n) is 2.38. The van der Waals surface area contributed by atoms with Gasteiger partial charge in [0, 0.05) is 11.6 Å². The molecule has 0 N–H and O–H groups in total. The molecule has 0 fully saturated rings. The molecule has 5 nitrogen and oxygen atoms in total. The summed E-state index contributed by atoms with van der Waals surface area (Å²) in [4.78, 5) is 10.2. The second-order valence-corrected chi connectivity index (χ2v) is 3.78. The number of hydrogen-bond donors (Lipinski definition) is 0. The molecule has 0 aliphatic carbocycles. The number of hydrogen-bond acceptors (Lipinski definition) is 4. The Labute approximate surface area is 109 Å². The van der Waals surface area contributed by atoms with Crippen molar-refractivity contribution in [2.75, 3.05) is 7.11 Å². The number of ether oxygens (including phenoxy) is 1. The molecule has 0 aromatic heterocycles. The van der Waals surface area contributed by atoms with Gasteiger partial charge in [-0.1, -0.05) is 18.5 Å². The van der Waals surface area contributed by atoms with Crippen LogP contribution < -0.4 is 4.74 Å². The molecule has 6 heteroatoms. The van der Waals surface area contributed by atoms with Gasteiger partial charge in [-0.25, -0.2) is 0 Å². The minimum absolute atomic E-state index is 0.115. The Morgan fingerprint density at radius 3 is 2.72 bits per heavy atom. The Balaban J connectivity index is 3.35. The van der Waals surface area contributed by atoms with Crippen molar-refractivity contribution in [2.45, 2.75) is 13.3 Å². The number of rotatable bonds is 4. The summed E-state index contributed by atoms with van der Waals surface area (Å²) in [5.74, 6) is 0.115. The van der Waals surface area contributed by atoms with E-state index in [1.54, 1.807) is 0 Å². The van der Waals surface area contributed by atoms with Gasteiger partial charge in [0.1, 0.15) is 0 Å². The first-order chi connectivity index (χ1) is 8.54. The van der Waals surface area contributed by atoms with Crippen molar-refractivity contribution >= 4 is 22.3 Å². The lowest BCUT2D eigenvalue weighted by Gasteiger charge is -2.06. The fraction of sp³-hybridized carbons (Fsp3) is 0.250. The van der Waals surface area contributed by atoms with Crippen LogP contribution in [0, 0.1) is 21.4 Å². The molecule has 0 unspecified atom stereocenters. The van der Waals surface area contributed by atoms with Crippen molar-refractivity contribution in [3.63, 3.8) is 0 Å². The van der Waals surface area contributed by atoms with Gasteiger partial charge in [0.05, 0.1) is 23.1 Å². The van der Waals surface area contributed by atoms with Crippen LogP contribution in [-0.4, -0.2) is 12.0 Å². The highest BCUT2D eigenvalue weighted by Crippen LogP contribution is 2.33. The zero-order valence-electron chi connectivity index (χ0n) is 9.94. The molecule has 0 radical (unpaired) electrons. The van der Waals surface area contributed by atoms with Crippen molar-refractivity contribution in [3.05, 3.63) is 39.4 Å².